The van der Waals surface area contributed by atoms with Crippen LogP contribution in [-0.2, 0) is 14.3 Å². The van der Waals surface area contributed by atoms with Crippen LogP contribution >= 0.6 is 0 Å². The summed E-state index contributed by atoms with van der Waals surface area (Å²) in [7, 11) is 0. The number of aliphatic hydroxyl groups is 2. The first kappa shape index (κ1) is 62.6. The standard InChI is InChI=1S/C58H113NO5/c1-3-5-7-9-11-13-15-17-19-22-26-30-34-38-42-46-50-56(61)55(54-60)59-57(62)51-47-43-39-35-31-27-23-21-25-29-33-37-41-45-49-53-64-58(63)52-48-44-40-36-32-28-24-20-18-16-14-12-10-8-6-4-2/h20,24,55-56,60-61H,3-19,21-23,25-54H2,1-2H3,(H,59,62)/b24-20-. The average Bonchev–Trinajstić information content (AvgIpc) is 3.29. The summed E-state index contributed by atoms with van der Waals surface area (Å²) in [6, 6.07) is -0.547. The summed E-state index contributed by atoms with van der Waals surface area (Å²) < 4.78 is 5.48. The van der Waals surface area contributed by atoms with Gasteiger partial charge in [-0.1, -0.05) is 270 Å². The Balaban J connectivity index is 3.42. The number of rotatable bonds is 54. The van der Waals surface area contributed by atoms with Crippen LogP contribution in [0.4, 0.5) is 0 Å². The minimum absolute atomic E-state index is 0.00595. The van der Waals surface area contributed by atoms with Crippen molar-refractivity contribution in [2.75, 3.05) is 13.2 Å². The number of hydrogen-bond acceptors (Lipinski definition) is 5. The van der Waals surface area contributed by atoms with Crippen molar-refractivity contribution in [1.82, 2.24) is 5.32 Å². The number of allylic oxidation sites excluding steroid dienone is 2. The highest BCUT2D eigenvalue weighted by molar-refractivity contribution is 5.76. The van der Waals surface area contributed by atoms with Gasteiger partial charge in [-0.2, -0.15) is 0 Å². The third kappa shape index (κ3) is 50.0. The van der Waals surface area contributed by atoms with Crippen LogP contribution in [0.15, 0.2) is 12.2 Å². The molecule has 3 N–H and O–H groups in total. The molecule has 2 unspecified atom stereocenters. The smallest absolute Gasteiger partial charge is 0.305 e. The summed E-state index contributed by atoms with van der Waals surface area (Å²) >= 11 is 0. The number of nitrogens with one attached hydrogen (secondary N) is 1. The molecule has 0 saturated carbocycles. The van der Waals surface area contributed by atoms with Crippen LogP contribution in [0.1, 0.15) is 322 Å². The van der Waals surface area contributed by atoms with Gasteiger partial charge in [-0.05, 0) is 51.4 Å². The second-order valence-electron chi connectivity index (χ2n) is 20.0. The molecule has 2 atom stereocenters. The van der Waals surface area contributed by atoms with Gasteiger partial charge < -0.3 is 20.3 Å². The second kappa shape index (κ2) is 54.2. The Kier molecular flexibility index (Phi) is 53.0. The number of esters is 1. The van der Waals surface area contributed by atoms with Gasteiger partial charge in [0, 0.05) is 12.8 Å². The zero-order valence-corrected chi connectivity index (χ0v) is 43.3. The summed E-state index contributed by atoms with van der Waals surface area (Å²) in [5, 5.41) is 23.3. The minimum atomic E-state index is -0.669. The van der Waals surface area contributed by atoms with Crippen molar-refractivity contribution in [2.24, 2.45) is 0 Å². The van der Waals surface area contributed by atoms with E-state index in [1.54, 1.807) is 0 Å². The number of ether oxygens (including phenoxy) is 1. The van der Waals surface area contributed by atoms with Gasteiger partial charge >= 0.3 is 5.97 Å². The molecule has 0 fully saturated rings. The topological polar surface area (TPSA) is 95.9 Å². The van der Waals surface area contributed by atoms with Crippen molar-refractivity contribution in [3.05, 3.63) is 12.2 Å². The fraction of sp³-hybridized carbons (Fsp3) is 0.931. The average molecular weight is 905 g/mol. The molecule has 0 aromatic rings. The van der Waals surface area contributed by atoms with E-state index < -0.39 is 12.1 Å². The number of amides is 1. The lowest BCUT2D eigenvalue weighted by Crippen LogP contribution is -2.45. The van der Waals surface area contributed by atoms with Crippen LogP contribution in [0, 0.1) is 0 Å². The summed E-state index contributed by atoms with van der Waals surface area (Å²) in [6.07, 6.45) is 63.4. The zero-order chi connectivity index (χ0) is 46.5. The SMILES string of the molecule is CCCCCCCCC/C=C\CCCCCCCC(=O)OCCCCCCCCCCCCCCCCCC(=O)NC(CO)C(O)CCCCCCCCCCCCCCCCCC. The molecule has 0 aliphatic carbocycles. The van der Waals surface area contributed by atoms with E-state index in [0.717, 1.165) is 51.4 Å². The predicted molar refractivity (Wildman–Crippen MR) is 278 cm³/mol. The molecule has 0 bridgehead atoms. The third-order valence-corrected chi connectivity index (χ3v) is 13.6. The molecule has 1 amide bonds. The first-order chi connectivity index (χ1) is 31.5. The first-order valence-corrected chi connectivity index (χ1v) is 28.9. The fourth-order valence-corrected chi connectivity index (χ4v) is 9.11. The number of unbranched alkanes of at least 4 members (excludes halogenated alkanes) is 41. The molecule has 0 heterocycles. The molecular formula is C58H113NO5. The van der Waals surface area contributed by atoms with Gasteiger partial charge in [-0.15, -0.1) is 0 Å². The number of aliphatic hydroxyl groups excluding tert-OH is 2. The van der Waals surface area contributed by atoms with Gasteiger partial charge in [-0.3, -0.25) is 9.59 Å². The Hall–Kier alpha value is -1.40. The van der Waals surface area contributed by atoms with E-state index in [0.29, 0.717) is 25.9 Å². The summed E-state index contributed by atoms with van der Waals surface area (Å²) in [4.78, 5) is 24.5. The van der Waals surface area contributed by atoms with E-state index in [1.165, 1.54) is 238 Å². The zero-order valence-electron chi connectivity index (χ0n) is 43.3. The lowest BCUT2D eigenvalue weighted by Gasteiger charge is -2.22. The van der Waals surface area contributed by atoms with E-state index in [1.807, 2.05) is 0 Å². The summed E-state index contributed by atoms with van der Waals surface area (Å²) in [5.74, 6) is -0.0474. The van der Waals surface area contributed by atoms with E-state index in [2.05, 4.69) is 31.3 Å². The van der Waals surface area contributed by atoms with Gasteiger partial charge in [0.1, 0.15) is 0 Å². The Morgan fingerprint density at radius 1 is 0.422 bits per heavy atom. The van der Waals surface area contributed by atoms with Crippen molar-refractivity contribution in [3.63, 3.8) is 0 Å². The highest BCUT2D eigenvalue weighted by Gasteiger charge is 2.20. The molecule has 0 radical (unpaired) electrons. The fourth-order valence-electron chi connectivity index (χ4n) is 9.11. The highest BCUT2D eigenvalue weighted by atomic mass is 16.5. The van der Waals surface area contributed by atoms with E-state index in [4.69, 9.17) is 4.74 Å². The lowest BCUT2D eigenvalue weighted by molar-refractivity contribution is -0.143. The van der Waals surface area contributed by atoms with Crippen LogP contribution in [0.5, 0.6) is 0 Å². The van der Waals surface area contributed by atoms with Gasteiger partial charge in [0.15, 0.2) is 0 Å². The molecule has 0 aromatic carbocycles. The van der Waals surface area contributed by atoms with Crippen LogP contribution in [-0.4, -0.2) is 47.4 Å². The molecule has 0 aliphatic rings. The largest absolute Gasteiger partial charge is 0.466 e. The molecule has 6 heteroatoms. The van der Waals surface area contributed by atoms with Crippen LogP contribution in [0.3, 0.4) is 0 Å². The van der Waals surface area contributed by atoms with Crippen LogP contribution in [0.2, 0.25) is 0 Å². The van der Waals surface area contributed by atoms with Gasteiger partial charge in [0.05, 0.1) is 25.4 Å². The van der Waals surface area contributed by atoms with E-state index in [-0.39, 0.29) is 18.5 Å². The van der Waals surface area contributed by atoms with Gasteiger partial charge in [-0.25, -0.2) is 0 Å². The highest BCUT2D eigenvalue weighted by Crippen LogP contribution is 2.17. The second-order valence-corrected chi connectivity index (χ2v) is 20.0. The Morgan fingerprint density at radius 3 is 1.11 bits per heavy atom. The monoisotopic (exact) mass is 904 g/mol. The maximum Gasteiger partial charge on any atom is 0.305 e. The maximum absolute atomic E-state index is 12.5. The van der Waals surface area contributed by atoms with Crippen molar-refractivity contribution in [1.29, 1.82) is 0 Å². The quantitative estimate of drug-likeness (QED) is 0.0321. The van der Waals surface area contributed by atoms with E-state index in [9.17, 15) is 19.8 Å². The van der Waals surface area contributed by atoms with Gasteiger partial charge in [0.2, 0.25) is 5.91 Å². The Morgan fingerprint density at radius 2 is 0.734 bits per heavy atom. The molecule has 0 spiro atoms. The summed E-state index contributed by atoms with van der Waals surface area (Å²) in [5.41, 5.74) is 0. The van der Waals surface area contributed by atoms with Crippen molar-refractivity contribution < 1.29 is 24.5 Å². The Labute approximate surface area is 399 Å². The van der Waals surface area contributed by atoms with Crippen molar-refractivity contribution >= 4 is 11.9 Å². The molecule has 0 aliphatic heterocycles. The molecule has 6 nitrogen and oxygen atoms in total. The van der Waals surface area contributed by atoms with Crippen molar-refractivity contribution in [2.45, 2.75) is 334 Å². The normalized spacial score (nSPS) is 12.6. The molecule has 0 rings (SSSR count). The lowest BCUT2D eigenvalue weighted by atomic mass is 10.0. The molecule has 64 heavy (non-hydrogen) atoms. The predicted octanol–water partition coefficient (Wildman–Crippen LogP) is 17.7. The van der Waals surface area contributed by atoms with Gasteiger partial charge in [0.25, 0.3) is 0 Å². The van der Waals surface area contributed by atoms with E-state index >= 15 is 0 Å². The molecule has 0 saturated heterocycles. The minimum Gasteiger partial charge on any atom is -0.466 e. The first-order valence-electron chi connectivity index (χ1n) is 28.9. The number of carbonyl (C=O) groups excluding carboxylic acids is 2. The number of carbonyl (C=O) groups is 2. The maximum atomic E-state index is 12.5. The summed E-state index contributed by atoms with van der Waals surface area (Å²) in [6.45, 7) is 4.95. The number of hydrogen-bond donors (Lipinski definition) is 3. The van der Waals surface area contributed by atoms with Crippen LogP contribution < -0.4 is 5.32 Å². The molecule has 380 valence electrons. The molecule has 0 aromatic heterocycles. The van der Waals surface area contributed by atoms with Crippen molar-refractivity contribution in [3.8, 4) is 0 Å². The van der Waals surface area contributed by atoms with Crippen LogP contribution in [0.25, 0.3) is 0 Å². The third-order valence-electron chi connectivity index (χ3n) is 13.6. The Bertz CT molecular complexity index is 955. The molecular weight excluding hydrogens is 791 g/mol.